The lowest BCUT2D eigenvalue weighted by atomic mass is 9.97. The zero-order chi connectivity index (χ0) is 32.3. The van der Waals surface area contributed by atoms with Crippen molar-refractivity contribution in [1.82, 2.24) is 29.7 Å². The van der Waals surface area contributed by atoms with Gasteiger partial charge < -0.3 is 24.4 Å². The van der Waals surface area contributed by atoms with Crippen LogP contribution in [0.4, 0.5) is 5.69 Å². The summed E-state index contributed by atoms with van der Waals surface area (Å²) in [5.41, 5.74) is 7.67. The van der Waals surface area contributed by atoms with Crippen molar-refractivity contribution in [2.45, 2.75) is 6.04 Å². The molecule has 2 fully saturated rings. The number of nitrogens with one attached hydrogen (secondary N) is 1. The van der Waals surface area contributed by atoms with Gasteiger partial charge in [0.1, 0.15) is 5.65 Å². The van der Waals surface area contributed by atoms with Crippen LogP contribution in [0.1, 0.15) is 22.1 Å². The average molecular weight is 650 g/mol. The van der Waals surface area contributed by atoms with Crippen LogP contribution in [0.25, 0.3) is 33.4 Å². The third-order valence-corrected chi connectivity index (χ3v) is 9.75. The Labute approximate surface area is 280 Å². The van der Waals surface area contributed by atoms with Gasteiger partial charge in [0.15, 0.2) is 0 Å². The number of anilines is 1. The van der Waals surface area contributed by atoms with Crippen molar-refractivity contribution < 1.29 is 9.53 Å². The smallest absolute Gasteiger partial charge is 0.251 e. The van der Waals surface area contributed by atoms with E-state index < -0.39 is 0 Å². The summed E-state index contributed by atoms with van der Waals surface area (Å²) in [7, 11) is 4.21. The molecule has 0 aliphatic carbocycles. The summed E-state index contributed by atoms with van der Waals surface area (Å²) in [4.78, 5) is 29.9. The number of ether oxygens (including phenoxy) is 1. The Morgan fingerprint density at radius 2 is 1.57 bits per heavy atom. The van der Waals surface area contributed by atoms with E-state index in [-0.39, 0.29) is 11.9 Å². The first kappa shape index (κ1) is 31.3. The van der Waals surface area contributed by atoms with E-state index in [0.29, 0.717) is 30.3 Å². The maximum Gasteiger partial charge on any atom is 0.251 e. The SMILES string of the molecule is CN1CCN(c2ccc(-c3c(-c4ccc(C(=O)NCC(c5ccccn5)N5CCOCC5)cc4)c4c(Cl)ccnc4n3C)cc2)CC1. The lowest BCUT2D eigenvalue weighted by molar-refractivity contribution is 0.0154. The van der Waals surface area contributed by atoms with E-state index in [1.165, 1.54) is 5.69 Å². The van der Waals surface area contributed by atoms with Crippen LogP contribution in [0.2, 0.25) is 5.02 Å². The Balaban J connectivity index is 1.16. The lowest BCUT2D eigenvalue weighted by Gasteiger charge is -2.34. The van der Waals surface area contributed by atoms with Gasteiger partial charge in [-0.1, -0.05) is 41.9 Å². The molecule has 2 saturated heterocycles. The summed E-state index contributed by atoms with van der Waals surface area (Å²) in [6.45, 7) is 7.57. The molecule has 2 aromatic carbocycles. The Morgan fingerprint density at radius 1 is 0.851 bits per heavy atom. The molecule has 0 spiro atoms. The van der Waals surface area contributed by atoms with Crippen LogP contribution in [0, 0.1) is 0 Å². The van der Waals surface area contributed by atoms with Crippen LogP contribution < -0.4 is 10.2 Å². The molecule has 5 heterocycles. The minimum Gasteiger partial charge on any atom is -0.379 e. The fourth-order valence-electron chi connectivity index (χ4n) is 6.78. The first-order chi connectivity index (χ1) is 23.0. The van der Waals surface area contributed by atoms with Gasteiger partial charge in [0.05, 0.1) is 35.7 Å². The van der Waals surface area contributed by atoms with Crippen molar-refractivity contribution in [3.63, 3.8) is 0 Å². The molecule has 1 N–H and O–H groups in total. The van der Waals surface area contributed by atoms with Gasteiger partial charge in [0, 0.05) is 87.5 Å². The zero-order valence-electron chi connectivity index (χ0n) is 26.9. The van der Waals surface area contributed by atoms with Crippen molar-refractivity contribution >= 4 is 34.2 Å². The summed E-state index contributed by atoms with van der Waals surface area (Å²) < 4.78 is 7.68. The molecule has 3 aromatic heterocycles. The van der Waals surface area contributed by atoms with E-state index >= 15 is 0 Å². The molecule has 2 aliphatic heterocycles. The second kappa shape index (κ2) is 13.8. The molecular formula is C37H40ClN7O2. The largest absolute Gasteiger partial charge is 0.379 e. The first-order valence-corrected chi connectivity index (χ1v) is 16.6. The number of hydrogen-bond acceptors (Lipinski definition) is 7. The van der Waals surface area contributed by atoms with E-state index in [0.717, 1.165) is 78.4 Å². The van der Waals surface area contributed by atoms with Gasteiger partial charge in [0.2, 0.25) is 0 Å². The number of benzene rings is 2. The topological polar surface area (TPSA) is 78.8 Å². The van der Waals surface area contributed by atoms with Gasteiger partial charge in [-0.2, -0.15) is 0 Å². The molecule has 242 valence electrons. The highest BCUT2D eigenvalue weighted by molar-refractivity contribution is 6.37. The Morgan fingerprint density at radius 3 is 2.28 bits per heavy atom. The average Bonchev–Trinajstić information content (AvgIpc) is 3.42. The number of morpholine rings is 1. The number of amides is 1. The minimum absolute atomic E-state index is 0.0288. The van der Waals surface area contributed by atoms with Crippen LogP contribution >= 0.6 is 11.6 Å². The van der Waals surface area contributed by atoms with Gasteiger partial charge in [-0.25, -0.2) is 4.98 Å². The molecule has 0 radical (unpaired) electrons. The van der Waals surface area contributed by atoms with Crippen molar-refractivity contribution in [2.75, 3.05) is 71.0 Å². The van der Waals surface area contributed by atoms with Crippen LogP contribution in [0.3, 0.4) is 0 Å². The number of aromatic nitrogens is 3. The molecule has 9 nitrogen and oxygen atoms in total. The molecule has 5 aromatic rings. The predicted molar refractivity (Wildman–Crippen MR) is 188 cm³/mol. The monoisotopic (exact) mass is 649 g/mol. The number of pyridine rings is 2. The van der Waals surface area contributed by atoms with Crippen LogP contribution in [-0.2, 0) is 11.8 Å². The highest BCUT2D eigenvalue weighted by Crippen LogP contribution is 2.43. The normalized spacial score (nSPS) is 16.8. The zero-order valence-corrected chi connectivity index (χ0v) is 27.7. The summed E-state index contributed by atoms with van der Waals surface area (Å²) in [5, 5.41) is 4.71. The van der Waals surface area contributed by atoms with Crippen molar-refractivity contribution in [2.24, 2.45) is 7.05 Å². The molecular weight excluding hydrogens is 610 g/mol. The first-order valence-electron chi connectivity index (χ1n) is 16.3. The van der Waals surface area contributed by atoms with Crippen LogP contribution in [0.15, 0.2) is 85.2 Å². The maximum atomic E-state index is 13.4. The second-order valence-electron chi connectivity index (χ2n) is 12.3. The fourth-order valence-corrected chi connectivity index (χ4v) is 7.02. The van der Waals surface area contributed by atoms with Gasteiger partial charge in [-0.15, -0.1) is 0 Å². The number of nitrogens with zero attached hydrogens (tertiary/aromatic N) is 6. The summed E-state index contributed by atoms with van der Waals surface area (Å²) in [5.74, 6) is -0.122. The van der Waals surface area contributed by atoms with E-state index in [1.807, 2.05) is 55.6 Å². The Bertz CT molecular complexity index is 1830. The van der Waals surface area contributed by atoms with Crippen molar-refractivity contribution in [3.8, 4) is 22.4 Å². The van der Waals surface area contributed by atoms with Crippen LogP contribution in [-0.4, -0.2) is 96.3 Å². The van der Waals surface area contributed by atoms with Gasteiger partial charge in [-0.3, -0.25) is 14.7 Å². The molecule has 1 unspecified atom stereocenters. The van der Waals surface area contributed by atoms with E-state index in [9.17, 15) is 4.79 Å². The predicted octanol–water partition coefficient (Wildman–Crippen LogP) is 5.51. The number of fused-ring (bicyclic) bond motifs is 1. The number of carbonyl (C=O) groups is 1. The van der Waals surface area contributed by atoms with Crippen LogP contribution in [0.5, 0.6) is 0 Å². The van der Waals surface area contributed by atoms with Crippen molar-refractivity contribution in [3.05, 3.63) is 101 Å². The number of piperazine rings is 1. The quantitative estimate of drug-likeness (QED) is 0.238. The standard InChI is InChI=1S/C37H40ClN7O2/c1-42-17-19-44(20-18-42)29-12-10-27(11-13-29)35-33(34-30(38)14-16-40-36(34)43(35)2)26-6-8-28(9-7-26)37(46)41-25-32(31-5-3-4-15-39-31)45-21-23-47-24-22-45/h3-16,32H,17-25H2,1-2H3,(H,41,46). The maximum absolute atomic E-state index is 13.4. The van der Waals surface area contributed by atoms with E-state index in [4.69, 9.17) is 21.3 Å². The third-order valence-electron chi connectivity index (χ3n) is 9.44. The lowest BCUT2D eigenvalue weighted by Crippen LogP contribution is -2.44. The van der Waals surface area contributed by atoms with Gasteiger partial charge >= 0.3 is 0 Å². The summed E-state index contributed by atoms with van der Waals surface area (Å²) >= 11 is 6.85. The molecule has 0 bridgehead atoms. The number of aryl methyl sites for hydroxylation is 1. The third kappa shape index (κ3) is 6.49. The number of likely N-dealkylation sites (N-methyl/N-ethyl adjacent to an activating group) is 1. The molecule has 2 aliphatic rings. The highest BCUT2D eigenvalue weighted by Gasteiger charge is 2.25. The van der Waals surface area contributed by atoms with E-state index in [1.54, 1.807) is 12.4 Å². The Hall–Kier alpha value is -4.28. The van der Waals surface area contributed by atoms with Gasteiger partial charge in [0.25, 0.3) is 5.91 Å². The minimum atomic E-state index is -0.122. The summed E-state index contributed by atoms with van der Waals surface area (Å²) in [6, 6.07) is 24.3. The molecule has 10 heteroatoms. The second-order valence-corrected chi connectivity index (χ2v) is 12.7. The molecule has 47 heavy (non-hydrogen) atoms. The number of halogens is 1. The van der Waals surface area contributed by atoms with Crippen molar-refractivity contribution in [1.29, 1.82) is 0 Å². The molecule has 1 amide bonds. The molecule has 0 saturated carbocycles. The summed E-state index contributed by atoms with van der Waals surface area (Å²) in [6.07, 6.45) is 3.55. The highest BCUT2D eigenvalue weighted by atomic mass is 35.5. The Kier molecular flexibility index (Phi) is 9.22. The fraction of sp³-hybridized carbons (Fsp3) is 0.324. The number of rotatable bonds is 8. The molecule has 7 rings (SSSR count). The van der Waals surface area contributed by atoms with Gasteiger partial charge in [-0.05, 0) is 60.6 Å². The number of carbonyl (C=O) groups excluding carboxylic acids is 1. The number of hydrogen-bond donors (Lipinski definition) is 1. The van der Waals surface area contributed by atoms with E-state index in [2.05, 4.69) is 60.9 Å². The molecule has 1 atom stereocenters.